The molecule has 228 valence electrons. The maximum absolute atomic E-state index is 14.2. The van der Waals surface area contributed by atoms with Gasteiger partial charge in [0.1, 0.15) is 29.1 Å². The fraction of sp³-hybridized carbons (Fsp3) is 0.182. The van der Waals surface area contributed by atoms with E-state index >= 15 is 0 Å². The molecule has 0 unspecified atom stereocenters. The minimum Gasteiger partial charge on any atom is -0.496 e. The normalized spacial score (nSPS) is 14.7. The van der Waals surface area contributed by atoms with Crippen LogP contribution in [0.1, 0.15) is 31.2 Å². The fourth-order valence-electron chi connectivity index (χ4n) is 5.51. The Labute approximate surface area is 260 Å². The van der Waals surface area contributed by atoms with Crippen LogP contribution < -0.4 is 24.4 Å². The van der Waals surface area contributed by atoms with E-state index in [1.54, 1.807) is 39.2 Å². The molecule has 5 aromatic rings. The monoisotopic (exact) mass is 625 g/mol. The Balaban J connectivity index is 1.55. The number of methoxy groups -OCH3 is 2. The number of hydrogen-bond donors (Lipinski definition) is 0. The van der Waals surface area contributed by atoms with Gasteiger partial charge >= 0.3 is 5.97 Å². The van der Waals surface area contributed by atoms with Gasteiger partial charge in [0.25, 0.3) is 11.2 Å². The van der Waals surface area contributed by atoms with Crippen molar-refractivity contribution in [1.29, 1.82) is 0 Å². The third kappa shape index (κ3) is 5.18. The number of allylic oxidation sites excluding steroid dienone is 1. The molecule has 0 bridgehead atoms. The number of nitro groups is 1. The Hall–Kier alpha value is -5.49. The lowest BCUT2D eigenvalue weighted by Gasteiger charge is -2.27. The summed E-state index contributed by atoms with van der Waals surface area (Å²) in [5, 5.41) is 13.1. The lowest BCUT2D eigenvalue weighted by atomic mass is 9.90. The first-order chi connectivity index (χ1) is 21.7. The predicted octanol–water partition coefficient (Wildman–Crippen LogP) is 5.14. The first-order valence-corrected chi connectivity index (χ1v) is 14.7. The lowest BCUT2D eigenvalue weighted by molar-refractivity contribution is -0.384. The number of non-ortho nitro benzene ring substituents is 1. The number of furan rings is 1. The van der Waals surface area contributed by atoms with E-state index in [0.717, 1.165) is 22.1 Å². The molecule has 11 nitrogen and oxygen atoms in total. The van der Waals surface area contributed by atoms with Gasteiger partial charge in [0.2, 0.25) is 0 Å². The van der Waals surface area contributed by atoms with Crippen LogP contribution in [0.4, 0.5) is 5.69 Å². The Morgan fingerprint density at radius 2 is 1.84 bits per heavy atom. The van der Waals surface area contributed by atoms with Crippen LogP contribution in [-0.2, 0) is 9.53 Å². The molecule has 0 fully saturated rings. The van der Waals surface area contributed by atoms with Crippen molar-refractivity contribution in [3.63, 3.8) is 0 Å². The Bertz CT molecular complexity index is 2210. The van der Waals surface area contributed by atoms with Gasteiger partial charge in [0, 0.05) is 23.8 Å². The van der Waals surface area contributed by atoms with Crippen LogP contribution in [0.2, 0.25) is 0 Å². The maximum Gasteiger partial charge on any atom is 0.338 e. The van der Waals surface area contributed by atoms with E-state index in [1.807, 2.05) is 36.4 Å². The number of hydrogen-bond acceptors (Lipinski definition) is 10. The molecule has 0 saturated carbocycles. The van der Waals surface area contributed by atoms with Crippen molar-refractivity contribution in [3.05, 3.63) is 119 Å². The molecule has 0 spiro atoms. The van der Waals surface area contributed by atoms with E-state index < -0.39 is 16.9 Å². The van der Waals surface area contributed by atoms with Crippen molar-refractivity contribution in [3.8, 4) is 22.8 Å². The van der Waals surface area contributed by atoms with Crippen LogP contribution in [0, 0.1) is 10.1 Å². The number of thiazole rings is 1. The van der Waals surface area contributed by atoms with Gasteiger partial charge in [-0.1, -0.05) is 41.7 Å². The van der Waals surface area contributed by atoms with E-state index in [-0.39, 0.29) is 23.4 Å². The number of aromatic nitrogens is 1. The third-order valence-corrected chi connectivity index (χ3v) is 8.48. The van der Waals surface area contributed by atoms with Crippen LogP contribution in [0.25, 0.3) is 28.2 Å². The molecule has 1 atom stereocenters. The third-order valence-electron chi connectivity index (χ3n) is 7.50. The standard InChI is InChI=1S/C33H27N3O8S/c1-5-43-32(38)28-18(2)34-33-35(30(28)29-22-9-7-6-8-19(22)10-13-26(29)42-4)31(37)27(45-33)17-21-12-15-25(44-21)23-16-20(36(39)40)11-14-24(23)41-3/h6-17,30H,5H2,1-4H3/b27-17+/t30-/m1/s1. The highest BCUT2D eigenvalue weighted by Crippen LogP contribution is 2.40. The smallest absolute Gasteiger partial charge is 0.338 e. The van der Waals surface area contributed by atoms with Crippen molar-refractivity contribution in [2.75, 3.05) is 20.8 Å². The number of rotatable bonds is 8. The lowest BCUT2D eigenvalue weighted by Crippen LogP contribution is -2.40. The van der Waals surface area contributed by atoms with E-state index in [2.05, 4.69) is 4.99 Å². The number of carbonyl (C=O) groups is 1. The quantitative estimate of drug-likeness (QED) is 0.131. The van der Waals surface area contributed by atoms with Gasteiger partial charge in [-0.15, -0.1) is 0 Å². The van der Waals surface area contributed by atoms with Crippen molar-refractivity contribution < 1.29 is 28.3 Å². The van der Waals surface area contributed by atoms with Crippen molar-refractivity contribution in [2.24, 2.45) is 4.99 Å². The van der Waals surface area contributed by atoms with Crippen LogP contribution in [0.3, 0.4) is 0 Å². The minimum atomic E-state index is -0.884. The summed E-state index contributed by atoms with van der Waals surface area (Å²) in [5.41, 5.74) is 1.19. The molecular weight excluding hydrogens is 598 g/mol. The average Bonchev–Trinajstić information content (AvgIpc) is 3.63. The zero-order chi connectivity index (χ0) is 31.8. The zero-order valence-electron chi connectivity index (χ0n) is 24.7. The Morgan fingerprint density at radius 3 is 2.58 bits per heavy atom. The number of ether oxygens (including phenoxy) is 3. The minimum absolute atomic E-state index is 0.117. The Morgan fingerprint density at radius 1 is 1.09 bits per heavy atom. The largest absolute Gasteiger partial charge is 0.496 e. The molecule has 0 N–H and O–H groups in total. The number of nitro benzene ring substituents is 1. The summed E-state index contributed by atoms with van der Waals surface area (Å²) < 4.78 is 24.4. The highest BCUT2D eigenvalue weighted by Gasteiger charge is 2.36. The summed E-state index contributed by atoms with van der Waals surface area (Å²) in [6.45, 7) is 3.59. The molecule has 2 aromatic heterocycles. The van der Waals surface area contributed by atoms with Gasteiger partial charge < -0.3 is 18.6 Å². The summed E-state index contributed by atoms with van der Waals surface area (Å²) in [7, 11) is 3.01. The van der Waals surface area contributed by atoms with E-state index in [1.165, 1.54) is 29.9 Å². The SMILES string of the molecule is CCOC(=O)C1=C(C)N=c2s/c(=C/c3ccc(-c4cc([N+](=O)[O-])ccc4OC)o3)c(=O)n2[C@H]1c1c(OC)ccc2ccccc12. The number of carbonyl (C=O) groups excluding carboxylic acids is 1. The van der Waals surface area contributed by atoms with Crippen molar-refractivity contribution in [2.45, 2.75) is 19.9 Å². The summed E-state index contributed by atoms with van der Waals surface area (Å²) >= 11 is 1.15. The van der Waals surface area contributed by atoms with E-state index in [9.17, 15) is 19.7 Å². The number of benzene rings is 3. The molecule has 3 aromatic carbocycles. The van der Waals surface area contributed by atoms with Crippen LogP contribution >= 0.6 is 11.3 Å². The molecule has 1 aliphatic heterocycles. The highest BCUT2D eigenvalue weighted by molar-refractivity contribution is 7.07. The van der Waals surface area contributed by atoms with Crippen molar-refractivity contribution >= 4 is 39.8 Å². The summed E-state index contributed by atoms with van der Waals surface area (Å²) in [6, 6.07) is 18.1. The topological polar surface area (TPSA) is 135 Å². The molecule has 0 radical (unpaired) electrons. The first-order valence-electron chi connectivity index (χ1n) is 13.9. The zero-order valence-corrected chi connectivity index (χ0v) is 25.5. The number of nitrogens with zero attached hydrogens (tertiary/aromatic N) is 3. The average molecular weight is 626 g/mol. The fourth-order valence-corrected chi connectivity index (χ4v) is 6.53. The van der Waals surface area contributed by atoms with E-state index in [4.69, 9.17) is 18.6 Å². The molecule has 3 heterocycles. The molecule has 45 heavy (non-hydrogen) atoms. The van der Waals surface area contributed by atoms with Gasteiger partial charge in [0.05, 0.1) is 47.1 Å². The van der Waals surface area contributed by atoms with Gasteiger partial charge in [-0.3, -0.25) is 19.5 Å². The molecular formula is C33H27N3O8S. The van der Waals surface area contributed by atoms with Gasteiger partial charge in [-0.2, -0.15) is 0 Å². The second-order valence-corrected chi connectivity index (χ2v) is 11.1. The molecule has 0 saturated heterocycles. The van der Waals surface area contributed by atoms with Gasteiger partial charge in [-0.05, 0) is 48.9 Å². The van der Waals surface area contributed by atoms with Crippen LogP contribution in [0.5, 0.6) is 11.5 Å². The molecule has 0 amide bonds. The highest BCUT2D eigenvalue weighted by atomic mass is 32.1. The Kier molecular flexibility index (Phi) is 7.81. The second kappa shape index (κ2) is 11.9. The maximum atomic E-state index is 14.2. The van der Waals surface area contributed by atoms with Gasteiger partial charge in [0.15, 0.2) is 4.80 Å². The molecule has 1 aliphatic rings. The number of esters is 1. The van der Waals surface area contributed by atoms with Crippen molar-refractivity contribution in [1.82, 2.24) is 4.57 Å². The van der Waals surface area contributed by atoms with Crippen LogP contribution in [0.15, 0.2) is 92.2 Å². The summed E-state index contributed by atoms with van der Waals surface area (Å²) in [5.74, 6) is 0.991. The van der Waals surface area contributed by atoms with E-state index in [0.29, 0.717) is 49.2 Å². The predicted molar refractivity (Wildman–Crippen MR) is 168 cm³/mol. The number of fused-ring (bicyclic) bond motifs is 2. The molecule has 0 aliphatic carbocycles. The van der Waals surface area contributed by atoms with Crippen LogP contribution in [-0.4, -0.2) is 36.3 Å². The molecule has 12 heteroatoms. The summed E-state index contributed by atoms with van der Waals surface area (Å²) in [4.78, 5) is 43.6. The molecule has 6 rings (SSSR count). The second-order valence-electron chi connectivity index (χ2n) is 10.0. The van der Waals surface area contributed by atoms with Gasteiger partial charge in [-0.25, -0.2) is 9.79 Å². The first kappa shape index (κ1) is 29.6. The summed E-state index contributed by atoms with van der Waals surface area (Å²) in [6.07, 6.45) is 1.58.